The van der Waals surface area contributed by atoms with E-state index in [4.69, 9.17) is 4.74 Å². The van der Waals surface area contributed by atoms with Crippen molar-refractivity contribution < 1.29 is 13.2 Å². The molecule has 1 spiro atoms. The molecule has 0 aromatic carbocycles. The predicted molar refractivity (Wildman–Crippen MR) is 74.4 cm³/mol. The van der Waals surface area contributed by atoms with Crippen LogP contribution >= 0.6 is 0 Å². The summed E-state index contributed by atoms with van der Waals surface area (Å²) < 4.78 is 32.6. The average molecular weight is 287 g/mol. The molecule has 3 rings (SSSR count). The third kappa shape index (κ3) is 2.34. The first-order valence-electron chi connectivity index (χ1n) is 7.54. The van der Waals surface area contributed by atoms with Gasteiger partial charge in [-0.3, -0.25) is 0 Å². The molecule has 1 aliphatic carbocycles. The fourth-order valence-electron chi connectivity index (χ4n) is 4.27. The first kappa shape index (κ1) is 13.8. The van der Waals surface area contributed by atoms with Gasteiger partial charge in [0.05, 0.1) is 6.10 Å². The van der Waals surface area contributed by atoms with Crippen LogP contribution in [0.3, 0.4) is 0 Å². The number of sulfonamides is 1. The van der Waals surface area contributed by atoms with Crippen LogP contribution in [0.2, 0.25) is 0 Å². The molecule has 2 saturated heterocycles. The van der Waals surface area contributed by atoms with Crippen LogP contribution in [0.15, 0.2) is 0 Å². The van der Waals surface area contributed by atoms with E-state index < -0.39 is 10.0 Å². The standard InChI is InChI=1S/C14H25NO3S/c1-11-3-5-14(9-11)6-7-15(10-14)19(16,17)13-4-8-18-12(13)2/h11-13H,3-10H2,1-2H3/t11-,12-,13-,14+/m1/s1. The fourth-order valence-corrected chi connectivity index (χ4v) is 6.41. The minimum Gasteiger partial charge on any atom is -0.377 e. The lowest BCUT2D eigenvalue weighted by molar-refractivity contribution is 0.125. The summed E-state index contributed by atoms with van der Waals surface area (Å²) in [5, 5.41) is -0.318. The Morgan fingerprint density at radius 3 is 2.58 bits per heavy atom. The molecule has 19 heavy (non-hydrogen) atoms. The maximum absolute atomic E-state index is 12.7. The van der Waals surface area contributed by atoms with E-state index in [0.29, 0.717) is 13.0 Å². The normalized spacial score (nSPS) is 44.4. The second-order valence-corrected chi connectivity index (χ2v) is 9.03. The first-order valence-corrected chi connectivity index (χ1v) is 9.04. The number of hydrogen-bond donors (Lipinski definition) is 0. The molecule has 0 unspecified atom stereocenters. The lowest BCUT2D eigenvalue weighted by atomic mass is 9.85. The fraction of sp³-hybridized carbons (Fsp3) is 1.00. The van der Waals surface area contributed by atoms with Crippen molar-refractivity contribution in [1.29, 1.82) is 0 Å². The van der Waals surface area contributed by atoms with E-state index >= 15 is 0 Å². The van der Waals surface area contributed by atoms with Gasteiger partial charge in [-0.05, 0) is 43.9 Å². The molecule has 2 aliphatic heterocycles. The van der Waals surface area contributed by atoms with Crippen LogP contribution in [-0.4, -0.2) is 43.8 Å². The Hall–Kier alpha value is -0.130. The topological polar surface area (TPSA) is 46.6 Å². The van der Waals surface area contributed by atoms with Crippen molar-refractivity contribution in [2.75, 3.05) is 19.7 Å². The zero-order chi connectivity index (χ0) is 13.7. The molecular weight excluding hydrogens is 262 g/mol. The molecule has 110 valence electrons. The highest BCUT2D eigenvalue weighted by Gasteiger charge is 2.49. The summed E-state index contributed by atoms with van der Waals surface area (Å²) in [5.41, 5.74) is 0.287. The van der Waals surface area contributed by atoms with E-state index in [1.54, 1.807) is 4.31 Å². The van der Waals surface area contributed by atoms with E-state index in [1.165, 1.54) is 19.3 Å². The van der Waals surface area contributed by atoms with E-state index in [9.17, 15) is 8.42 Å². The Morgan fingerprint density at radius 2 is 2.00 bits per heavy atom. The number of rotatable bonds is 2. The molecular formula is C14H25NO3S. The summed E-state index contributed by atoms with van der Waals surface area (Å²) in [4.78, 5) is 0. The minimum absolute atomic E-state index is 0.149. The molecule has 4 atom stereocenters. The van der Waals surface area contributed by atoms with Crippen molar-refractivity contribution in [1.82, 2.24) is 4.31 Å². The number of ether oxygens (including phenoxy) is 1. The quantitative estimate of drug-likeness (QED) is 0.780. The zero-order valence-corrected chi connectivity index (χ0v) is 12.8. The Bertz CT molecular complexity index is 450. The van der Waals surface area contributed by atoms with Gasteiger partial charge in [0.25, 0.3) is 0 Å². The van der Waals surface area contributed by atoms with Crippen LogP contribution in [0, 0.1) is 11.3 Å². The van der Waals surface area contributed by atoms with Gasteiger partial charge < -0.3 is 4.74 Å². The maximum atomic E-state index is 12.7. The van der Waals surface area contributed by atoms with Crippen LogP contribution in [0.5, 0.6) is 0 Å². The Kier molecular flexibility index (Phi) is 3.43. The molecule has 0 radical (unpaired) electrons. The van der Waals surface area contributed by atoms with E-state index in [0.717, 1.165) is 25.4 Å². The molecule has 0 aromatic heterocycles. The monoisotopic (exact) mass is 287 g/mol. The van der Waals surface area contributed by atoms with Crippen LogP contribution in [0.4, 0.5) is 0 Å². The summed E-state index contributed by atoms with van der Waals surface area (Å²) in [6.45, 7) is 6.24. The highest BCUT2D eigenvalue weighted by molar-refractivity contribution is 7.89. The van der Waals surface area contributed by atoms with Gasteiger partial charge in [0.15, 0.2) is 0 Å². The average Bonchev–Trinajstić information content (AvgIpc) is 3.02. The minimum atomic E-state index is -3.16. The molecule has 4 nitrogen and oxygen atoms in total. The summed E-state index contributed by atoms with van der Waals surface area (Å²) in [5.74, 6) is 0.761. The van der Waals surface area contributed by atoms with Crippen molar-refractivity contribution in [3.05, 3.63) is 0 Å². The molecule has 0 bridgehead atoms. The third-order valence-corrected chi connectivity index (χ3v) is 7.82. The summed E-state index contributed by atoms with van der Waals surface area (Å²) in [7, 11) is -3.16. The summed E-state index contributed by atoms with van der Waals surface area (Å²) in [6.07, 6.45) is 5.23. The van der Waals surface area contributed by atoms with Crippen LogP contribution < -0.4 is 0 Å². The van der Waals surface area contributed by atoms with Crippen LogP contribution in [0.25, 0.3) is 0 Å². The largest absolute Gasteiger partial charge is 0.377 e. The van der Waals surface area contributed by atoms with Crippen LogP contribution in [0.1, 0.15) is 46.0 Å². The van der Waals surface area contributed by atoms with Crippen molar-refractivity contribution >= 4 is 10.0 Å². The molecule has 0 amide bonds. The van der Waals surface area contributed by atoms with Gasteiger partial charge in [-0.1, -0.05) is 13.3 Å². The second-order valence-electron chi connectivity index (χ2n) is 6.88. The smallest absolute Gasteiger partial charge is 0.219 e. The summed E-state index contributed by atoms with van der Waals surface area (Å²) in [6, 6.07) is 0. The molecule has 2 heterocycles. The zero-order valence-electron chi connectivity index (χ0n) is 12.0. The number of nitrogens with zero attached hydrogens (tertiary/aromatic N) is 1. The van der Waals surface area contributed by atoms with Crippen LogP contribution in [-0.2, 0) is 14.8 Å². The second kappa shape index (κ2) is 4.71. The summed E-state index contributed by atoms with van der Waals surface area (Å²) >= 11 is 0. The molecule has 5 heteroatoms. The van der Waals surface area contributed by atoms with Gasteiger partial charge >= 0.3 is 0 Å². The van der Waals surface area contributed by atoms with Crippen molar-refractivity contribution in [3.8, 4) is 0 Å². The van der Waals surface area contributed by atoms with Gasteiger partial charge in [-0.25, -0.2) is 12.7 Å². The maximum Gasteiger partial charge on any atom is 0.219 e. The van der Waals surface area contributed by atoms with Crippen molar-refractivity contribution in [2.45, 2.75) is 57.3 Å². The van der Waals surface area contributed by atoms with Gasteiger partial charge in [0.1, 0.15) is 5.25 Å². The lowest BCUT2D eigenvalue weighted by Crippen LogP contribution is -2.41. The van der Waals surface area contributed by atoms with Gasteiger partial charge in [-0.2, -0.15) is 0 Å². The Balaban J connectivity index is 1.74. The molecule has 0 N–H and O–H groups in total. The van der Waals surface area contributed by atoms with Crippen molar-refractivity contribution in [3.63, 3.8) is 0 Å². The molecule has 3 aliphatic rings. The van der Waals surface area contributed by atoms with Crippen molar-refractivity contribution in [2.24, 2.45) is 11.3 Å². The van der Waals surface area contributed by atoms with E-state index in [2.05, 4.69) is 6.92 Å². The predicted octanol–water partition coefficient (Wildman–Crippen LogP) is 2.01. The molecule has 0 aromatic rings. The highest BCUT2D eigenvalue weighted by Crippen LogP contribution is 2.49. The molecule has 1 saturated carbocycles. The van der Waals surface area contributed by atoms with E-state index in [1.807, 2.05) is 6.92 Å². The number of hydrogen-bond acceptors (Lipinski definition) is 3. The molecule has 3 fully saturated rings. The Labute approximate surface area is 116 Å². The van der Waals surface area contributed by atoms with Gasteiger partial charge in [0, 0.05) is 19.7 Å². The third-order valence-electron chi connectivity index (χ3n) is 5.40. The van der Waals surface area contributed by atoms with Gasteiger partial charge in [-0.15, -0.1) is 0 Å². The van der Waals surface area contributed by atoms with Gasteiger partial charge in [0.2, 0.25) is 10.0 Å². The highest BCUT2D eigenvalue weighted by atomic mass is 32.2. The SMILES string of the molecule is C[C@@H]1CC[C@]2(CCN(S(=O)(=O)[C@@H]3CCO[C@@H]3C)C2)C1. The Morgan fingerprint density at radius 1 is 1.21 bits per heavy atom. The van der Waals surface area contributed by atoms with E-state index in [-0.39, 0.29) is 16.8 Å². The first-order chi connectivity index (χ1) is 8.93. The lowest BCUT2D eigenvalue weighted by Gasteiger charge is -2.26.